The Balaban J connectivity index is 1.01. The fraction of sp³-hybridized carbons (Fsp3) is 0.381. The van der Waals surface area contributed by atoms with Gasteiger partial charge in [-0.3, -0.25) is 9.59 Å². The molecule has 64 heavy (non-hydrogen) atoms. The molecule has 6 aromatic rings. The predicted molar refractivity (Wildman–Crippen MR) is 226 cm³/mol. The van der Waals surface area contributed by atoms with E-state index in [9.17, 15) is 19.2 Å². The van der Waals surface area contributed by atoms with Crippen LogP contribution in [0.3, 0.4) is 0 Å². The first-order valence-electron chi connectivity index (χ1n) is 19.4. The van der Waals surface area contributed by atoms with Gasteiger partial charge in [0.1, 0.15) is 49.0 Å². The van der Waals surface area contributed by atoms with Crippen LogP contribution in [0, 0.1) is 0 Å². The molecule has 6 rings (SSSR count). The third-order valence-corrected chi connectivity index (χ3v) is 9.53. The van der Waals surface area contributed by atoms with Gasteiger partial charge in [0.2, 0.25) is 11.4 Å². The van der Waals surface area contributed by atoms with E-state index >= 15 is 0 Å². The van der Waals surface area contributed by atoms with Gasteiger partial charge in [0, 0.05) is 38.4 Å². The van der Waals surface area contributed by atoms with Crippen LogP contribution in [-0.2, 0) is 33.0 Å². The van der Waals surface area contributed by atoms with Crippen molar-refractivity contribution in [1.82, 2.24) is 29.1 Å². The average molecular weight is 891 g/mol. The first-order chi connectivity index (χ1) is 31.0. The van der Waals surface area contributed by atoms with E-state index < -0.39 is 34.4 Å². The van der Waals surface area contributed by atoms with Gasteiger partial charge in [-0.2, -0.15) is 0 Å². The fourth-order valence-electron chi connectivity index (χ4n) is 6.27. The van der Waals surface area contributed by atoms with Gasteiger partial charge < -0.3 is 66.0 Å². The first-order valence-corrected chi connectivity index (χ1v) is 19.4. The molecular weight excluding hydrogens is 844 g/mol. The molecule has 0 bridgehead atoms. The van der Waals surface area contributed by atoms with Crippen molar-refractivity contribution in [2.24, 2.45) is 14.1 Å². The molecule has 22 heteroatoms. The maximum absolute atomic E-state index is 12.9. The number of nitrogens with zero attached hydrogens (tertiary/aromatic N) is 6. The summed E-state index contributed by atoms with van der Waals surface area (Å²) in [5.41, 5.74) is 0.118. The molecule has 0 unspecified atom stereocenters. The van der Waals surface area contributed by atoms with Crippen molar-refractivity contribution in [3.63, 3.8) is 0 Å². The number of carbonyl (C=O) groups is 2. The number of hydrogen-bond donors (Lipinski definition) is 0. The Bertz CT molecular complexity index is 2610. The molecule has 22 nitrogen and oxygen atoms in total. The van der Waals surface area contributed by atoms with Gasteiger partial charge in [0.25, 0.3) is 22.9 Å². The Labute approximate surface area is 364 Å². The summed E-state index contributed by atoms with van der Waals surface area (Å²) in [6.45, 7) is -0.389. The second kappa shape index (κ2) is 21.1. The van der Waals surface area contributed by atoms with Crippen LogP contribution in [0.1, 0.15) is 21.0 Å². The molecule has 0 aliphatic carbocycles. The smallest absolute Gasteiger partial charge is 0.362 e. The predicted octanol–water partition coefficient (Wildman–Crippen LogP) is 2.68. The summed E-state index contributed by atoms with van der Waals surface area (Å²) >= 11 is 0. The van der Waals surface area contributed by atoms with E-state index in [0.717, 1.165) is 0 Å². The Kier molecular flexibility index (Phi) is 15.2. The van der Waals surface area contributed by atoms with Crippen LogP contribution in [0.2, 0.25) is 0 Å². The highest BCUT2D eigenvalue weighted by molar-refractivity contribution is 5.91. The molecule has 0 amide bonds. The van der Waals surface area contributed by atoms with Crippen LogP contribution < -0.4 is 49.0 Å². The summed E-state index contributed by atoms with van der Waals surface area (Å²) in [7, 11) is 11.8. The maximum atomic E-state index is 12.9. The molecule has 0 atom stereocenters. The van der Waals surface area contributed by atoms with Gasteiger partial charge in [-0.25, -0.2) is 29.5 Å². The number of esters is 2. The van der Waals surface area contributed by atoms with Crippen LogP contribution in [0.25, 0.3) is 33.1 Å². The highest BCUT2D eigenvalue weighted by atomic mass is 16.6. The molecule has 340 valence electrons. The highest BCUT2D eigenvalue weighted by Crippen LogP contribution is 2.36. The topological polar surface area (TPSA) is 240 Å². The van der Waals surface area contributed by atoms with Crippen molar-refractivity contribution in [3.05, 3.63) is 68.5 Å². The average Bonchev–Trinajstić information content (AvgIpc) is 3.31. The second-order valence-electron chi connectivity index (χ2n) is 13.2. The molecule has 0 radical (unpaired) electrons. The Morgan fingerprint density at radius 3 is 1.17 bits per heavy atom. The molecule has 0 fully saturated rings. The second-order valence-corrected chi connectivity index (χ2v) is 13.2. The Hall–Kier alpha value is -7.46. The van der Waals surface area contributed by atoms with Gasteiger partial charge >= 0.3 is 11.9 Å². The number of aromatic nitrogens is 6. The summed E-state index contributed by atoms with van der Waals surface area (Å²) in [6.07, 6.45) is 0. The van der Waals surface area contributed by atoms with Crippen molar-refractivity contribution in [1.29, 1.82) is 0 Å². The number of rotatable bonds is 22. The lowest BCUT2D eigenvalue weighted by Crippen LogP contribution is -2.28. The standard InChI is InChI=1S/C42H46N6O16/c1-47-25-21-31(57-7)29(55-5)19-23(25)43-35(39(47)49)41(51)63-17-13-59-11-15-61-37-38(46-34-28(54-4)10-9-27(53-3)33(34)45-37)62-16-12-60-14-18-64-42(52)36-40(50)48(2)26-22-32(58-8)30(56-6)20-24(26)44-36/h9-10,19-22H,11-18H2,1-8H3. The monoisotopic (exact) mass is 890 g/mol. The van der Waals surface area contributed by atoms with Gasteiger partial charge in [0.05, 0.1) is 91.2 Å². The van der Waals surface area contributed by atoms with Gasteiger partial charge in [-0.15, -0.1) is 0 Å². The van der Waals surface area contributed by atoms with Crippen molar-refractivity contribution in [2.75, 3.05) is 95.5 Å². The minimum atomic E-state index is -0.922. The number of ether oxygens (including phenoxy) is 12. The quantitative estimate of drug-likeness (QED) is 0.0703. The molecule has 0 aliphatic heterocycles. The Morgan fingerprint density at radius 2 is 0.812 bits per heavy atom. The molecule has 3 aromatic heterocycles. The maximum Gasteiger partial charge on any atom is 0.362 e. The molecule has 0 aliphatic rings. The lowest BCUT2D eigenvalue weighted by atomic mass is 10.2. The van der Waals surface area contributed by atoms with Crippen molar-refractivity contribution < 1.29 is 66.4 Å². The molecule has 3 aromatic carbocycles. The van der Waals surface area contributed by atoms with Gasteiger partial charge in [-0.05, 0) is 12.1 Å². The van der Waals surface area contributed by atoms with E-state index in [-0.39, 0.29) is 64.6 Å². The molecule has 0 saturated heterocycles. The SMILES string of the molecule is COc1cc2nc(C(=O)OCCOCCOc3nc4c(OC)ccc(OC)c4nc3OCCOCCOC(=O)c3nc4cc(OC)c(OC)cc4n(C)c3=O)c(=O)n(C)c2cc1OC. The summed E-state index contributed by atoms with van der Waals surface area (Å²) in [5, 5.41) is 0. The minimum Gasteiger partial charge on any atom is -0.494 e. The van der Waals surface area contributed by atoms with Crippen molar-refractivity contribution in [3.8, 4) is 46.3 Å². The highest BCUT2D eigenvalue weighted by Gasteiger charge is 2.22. The van der Waals surface area contributed by atoms with E-state index in [4.69, 9.17) is 56.8 Å². The van der Waals surface area contributed by atoms with Crippen LogP contribution in [0.5, 0.6) is 46.3 Å². The van der Waals surface area contributed by atoms with E-state index in [1.165, 1.54) is 65.9 Å². The molecule has 0 N–H and O–H groups in total. The normalized spacial score (nSPS) is 11.1. The molecular formula is C42H46N6O16. The summed E-state index contributed by atoms with van der Waals surface area (Å²) in [6, 6.07) is 9.64. The fourth-order valence-corrected chi connectivity index (χ4v) is 6.27. The molecule has 0 spiro atoms. The van der Waals surface area contributed by atoms with Gasteiger partial charge in [0.15, 0.2) is 23.0 Å². The summed E-state index contributed by atoms with van der Waals surface area (Å²) < 4.78 is 68.3. The zero-order chi connectivity index (χ0) is 45.9. The zero-order valence-electron chi connectivity index (χ0n) is 36.3. The van der Waals surface area contributed by atoms with Crippen LogP contribution in [0.4, 0.5) is 0 Å². The van der Waals surface area contributed by atoms with Crippen LogP contribution in [0.15, 0.2) is 46.0 Å². The molecule has 3 heterocycles. The van der Waals surface area contributed by atoms with E-state index in [0.29, 0.717) is 67.6 Å². The van der Waals surface area contributed by atoms with E-state index in [1.54, 1.807) is 36.4 Å². The summed E-state index contributed by atoms with van der Waals surface area (Å²) in [4.78, 5) is 69.2. The van der Waals surface area contributed by atoms with E-state index in [1.807, 2.05) is 0 Å². The third kappa shape index (κ3) is 9.92. The number of aryl methyl sites for hydroxylation is 2. The number of fused-ring (bicyclic) bond motifs is 3. The number of carbonyl (C=O) groups excluding carboxylic acids is 2. The zero-order valence-corrected chi connectivity index (χ0v) is 36.3. The lowest BCUT2D eigenvalue weighted by molar-refractivity contribution is 0.0242. The third-order valence-electron chi connectivity index (χ3n) is 9.53. The van der Waals surface area contributed by atoms with Crippen LogP contribution >= 0.6 is 0 Å². The minimum absolute atomic E-state index is 0.0102. The number of hydrogen-bond acceptors (Lipinski definition) is 20. The lowest BCUT2D eigenvalue weighted by Gasteiger charge is -2.15. The number of benzene rings is 3. The van der Waals surface area contributed by atoms with Gasteiger partial charge in [-0.1, -0.05) is 0 Å². The molecule has 0 saturated carbocycles. The number of methoxy groups -OCH3 is 6. The van der Waals surface area contributed by atoms with Crippen LogP contribution in [-0.4, -0.2) is 137 Å². The van der Waals surface area contributed by atoms with Crippen molar-refractivity contribution >= 4 is 45.0 Å². The summed E-state index contributed by atoms with van der Waals surface area (Å²) in [5.74, 6) is 0.541. The largest absolute Gasteiger partial charge is 0.494 e. The first kappa shape index (κ1) is 46.1. The Morgan fingerprint density at radius 1 is 0.469 bits per heavy atom. The van der Waals surface area contributed by atoms with E-state index in [2.05, 4.69) is 19.9 Å². The van der Waals surface area contributed by atoms with Crippen molar-refractivity contribution in [2.45, 2.75) is 0 Å².